The maximum absolute atomic E-state index is 13.6. The predicted octanol–water partition coefficient (Wildman–Crippen LogP) is 3.79. The van der Waals surface area contributed by atoms with Crippen molar-refractivity contribution >= 4 is 16.8 Å². The summed E-state index contributed by atoms with van der Waals surface area (Å²) >= 11 is 0. The Morgan fingerprint density at radius 2 is 1.97 bits per heavy atom. The lowest BCUT2D eigenvalue weighted by Gasteiger charge is -2.31. The van der Waals surface area contributed by atoms with Crippen LogP contribution in [0.4, 0.5) is 4.39 Å². The Kier molecular flexibility index (Phi) is 5.05. The number of halogens is 1. The van der Waals surface area contributed by atoms with Crippen LogP contribution in [0.2, 0.25) is 0 Å². The number of amides is 1. The lowest BCUT2D eigenvalue weighted by Crippen LogP contribution is -2.39. The number of rotatable bonds is 3. The molecule has 2 aromatic carbocycles. The smallest absolute Gasteiger partial charge is 0.258 e. The summed E-state index contributed by atoms with van der Waals surface area (Å²) in [6, 6.07) is 13.0. The number of likely N-dealkylation sites (tertiary alicyclic amines) is 1. The van der Waals surface area contributed by atoms with Gasteiger partial charge in [0, 0.05) is 29.6 Å². The number of benzene rings is 2. The standard InChI is InChI=1S/C24H22FN5O2/c1-15-3-2-10-29(13-15)24(32)16-4-7-19(8-5-16)30-14-22(27-28-30)20-12-17-11-18(25)6-9-21(17)26-23(20)31/h4-9,11-12,14-15H,2-3,10,13H2,1H3,(H,26,31)/t15-/m0/s1. The van der Waals surface area contributed by atoms with Crippen molar-refractivity contribution in [2.75, 3.05) is 13.1 Å². The second kappa shape index (κ2) is 8.03. The predicted molar refractivity (Wildman–Crippen MR) is 119 cm³/mol. The summed E-state index contributed by atoms with van der Waals surface area (Å²) in [4.78, 5) is 29.9. The summed E-state index contributed by atoms with van der Waals surface area (Å²) in [7, 11) is 0. The van der Waals surface area contributed by atoms with Crippen LogP contribution in [0.25, 0.3) is 27.8 Å². The molecule has 0 radical (unpaired) electrons. The zero-order valence-electron chi connectivity index (χ0n) is 17.6. The number of pyridine rings is 1. The molecule has 1 amide bonds. The Morgan fingerprint density at radius 3 is 2.75 bits per heavy atom. The fourth-order valence-electron chi connectivity index (χ4n) is 4.19. The van der Waals surface area contributed by atoms with E-state index in [0.29, 0.717) is 33.6 Å². The van der Waals surface area contributed by atoms with E-state index in [1.807, 2.05) is 4.90 Å². The fraction of sp³-hybridized carbons (Fsp3) is 0.250. The van der Waals surface area contributed by atoms with E-state index < -0.39 is 0 Å². The average molecular weight is 431 g/mol. The first-order valence-electron chi connectivity index (χ1n) is 10.6. The van der Waals surface area contributed by atoms with Crippen molar-refractivity contribution in [1.29, 1.82) is 0 Å². The molecule has 0 aliphatic carbocycles. The molecule has 1 aliphatic rings. The van der Waals surface area contributed by atoms with E-state index in [1.165, 1.54) is 18.2 Å². The van der Waals surface area contributed by atoms with Crippen molar-refractivity contribution in [3.05, 3.63) is 76.5 Å². The van der Waals surface area contributed by atoms with E-state index in [1.54, 1.807) is 41.2 Å². The van der Waals surface area contributed by atoms with Crippen LogP contribution in [-0.2, 0) is 0 Å². The van der Waals surface area contributed by atoms with Crippen LogP contribution in [0.15, 0.2) is 59.5 Å². The zero-order valence-corrected chi connectivity index (χ0v) is 17.6. The van der Waals surface area contributed by atoms with Crippen molar-refractivity contribution in [3.63, 3.8) is 0 Å². The molecule has 1 aliphatic heterocycles. The van der Waals surface area contributed by atoms with Gasteiger partial charge >= 0.3 is 0 Å². The van der Waals surface area contributed by atoms with Crippen LogP contribution in [0.5, 0.6) is 0 Å². The van der Waals surface area contributed by atoms with Crippen molar-refractivity contribution in [2.45, 2.75) is 19.8 Å². The van der Waals surface area contributed by atoms with Crippen molar-refractivity contribution in [1.82, 2.24) is 24.9 Å². The highest BCUT2D eigenvalue weighted by Gasteiger charge is 2.22. The Hall–Kier alpha value is -3.81. The van der Waals surface area contributed by atoms with Gasteiger partial charge < -0.3 is 9.88 Å². The largest absolute Gasteiger partial charge is 0.338 e. The number of hydrogen-bond acceptors (Lipinski definition) is 4. The lowest BCUT2D eigenvalue weighted by atomic mass is 9.99. The minimum absolute atomic E-state index is 0.0392. The van der Waals surface area contributed by atoms with Crippen LogP contribution in [0.3, 0.4) is 0 Å². The van der Waals surface area contributed by atoms with Crippen molar-refractivity contribution < 1.29 is 9.18 Å². The van der Waals surface area contributed by atoms with Gasteiger partial charge in [0.15, 0.2) is 0 Å². The fourth-order valence-corrected chi connectivity index (χ4v) is 4.19. The molecule has 1 fully saturated rings. The summed E-state index contributed by atoms with van der Waals surface area (Å²) in [5.41, 5.74) is 2.26. The van der Waals surface area contributed by atoms with E-state index in [2.05, 4.69) is 22.2 Å². The Bertz CT molecular complexity index is 1360. The van der Waals surface area contributed by atoms with Crippen LogP contribution in [0, 0.1) is 11.7 Å². The molecule has 32 heavy (non-hydrogen) atoms. The van der Waals surface area contributed by atoms with Gasteiger partial charge in [-0.2, -0.15) is 0 Å². The summed E-state index contributed by atoms with van der Waals surface area (Å²) in [6.07, 6.45) is 3.83. The molecule has 1 saturated heterocycles. The third kappa shape index (κ3) is 3.79. The summed E-state index contributed by atoms with van der Waals surface area (Å²) in [5.74, 6) is 0.181. The van der Waals surface area contributed by atoms with Crippen molar-refractivity contribution in [2.24, 2.45) is 5.92 Å². The van der Waals surface area contributed by atoms with E-state index in [0.717, 1.165) is 31.6 Å². The molecule has 4 aromatic rings. The SMILES string of the molecule is C[C@H]1CCCN(C(=O)c2ccc(-n3cc(-c4cc5cc(F)ccc5[nH]c4=O)nn3)cc2)C1. The van der Waals surface area contributed by atoms with Gasteiger partial charge in [-0.05, 0) is 67.3 Å². The van der Waals surface area contributed by atoms with E-state index in [9.17, 15) is 14.0 Å². The second-order valence-electron chi connectivity index (χ2n) is 8.34. The average Bonchev–Trinajstić information content (AvgIpc) is 3.28. The number of nitrogens with zero attached hydrogens (tertiary/aromatic N) is 4. The van der Waals surface area contributed by atoms with E-state index in [4.69, 9.17) is 0 Å². The van der Waals surface area contributed by atoms with Crippen LogP contribution >= 0.6 is 0 Å². The molecule has 2 aromatic heterocycles. The molecule has 0 unspecified atom stereocenters. The number of carbonyl (C=O) groups excluding carboxylic acids is 1. The Labute approximate surface area is 183 Å². The van der Waals surface area contributed by atoms with Crippen LogP contribution in [-0.4, -0.2) is 43.9 Å². The van der Waals surface area contributed by atoms with Gasteiger partial charge in [-0.15, -0.1) is 5.10 Å². The molecule has 0 saturated carbocycles. The molecular formula is C24H22FN5O2. The number of fused-ring (bicyclic) bond motifs is 1. The highest BCUT2D eigenvalue weighted by Crippen LogP contribution is 2.21. The first kappa shape index (κ1) is 20.1. The molecule has 8 heteroatoms. The number of piperidine rings is 1. The maximum Gasteiger partial charge on any atom is 0.258 e. The molecule has 5 rings (SSSR count). The third-order valence-electron chi connectivity index (χ3n) is 5.90. The minimum Gasteiger partial charge on any atom is -0.338 e. The highest BCUT2D eigenvalue weighted by molar-refractivity contribution is 5.94. The highest BCUT2D eigenvalue weighted by atomic mass is 19.1. The van der Waals surface area contributed by atoms with Gasteiger partial charge in [0.05, 0.1) is 17.4 Å². The van der Waals surface area contributed by atoms with Gasteiger partial charge in [0.25, 0.3) is 11.5 Å². The van der Waals surface area contributed by atoms with Gasteiger partial charge in [-0.3, -0.25) is 9.59 Å². The summed E-state index contributed by atoms with van der Waals surface area (Å²) in [6.45, 7) is 3.75. The molecule has 1 N–H and O–H groups in total. The summed E-state index contributed by atoms with van der Waals surface area (Å²) < 4.78 is 15.1. The number of nitrogens with one attached hydrogen (secondary N) is 1. The van der Waals surface area contributed by atoms with Gasteiger partial charge in [0.1, 0.15) is 11.5 Å². The van der Waals surface area contributed by atoms with Crippen LogP contribution < -0.4 is 5.56 Å². The Morgan fingerprint density at radius 1 is 1.16 bits per heavy atom. The molecule has 7 nitrogen and oxygen atoms in total. The normalized spacial score (nSPS) is 16.4. The molecule has 0 spiro atoms. The number of carbonyl (C=O) groups is 1. The quantitative estimate of drug-likeness (QED) is 0.535. The number of H-pyrrole nitrogens is 1. The maximum atomic E-state index is 13.6. The lowest BCUT2D eigenvalue weighted by molar-refractivity contribution is 0.0683. The van der Waals surface area contributed by atoms with E-state index >= 15 is 0 Å². The van der Waals surface area contributed by atoms with Gasteiger partial charge in [0.2, 0.25) is 0 Å². The first-order chi connectivity index (χ1) is 15.5. The number of aromatic nitrogens is 4. The van der Waals surface area contributed by atoms with Gasteiger partial charge in [-0.1, -0.05) is 12.1 Å². The second-order valence-corrected chi connectivity index (χ2v) is 8.34. The molecular weight excluding hydrogens is 409 g/mol. The molecule has 162 valence electrons. The third-order valence-corrected chi connectivity index (χ3v) is 5.90. The van der Waals surface area contributed by atoms with Crippen molar-refractivity contribution in [3.8, 4) is 16.9 Å². The number of aromatic amines is 1. The topological polar surface area (TPSA) is 83.9 Å². The minimum atomic E-state index is -0.382. The molecule has 3 heterocycles. The Balaban J connectivity index is 1.40. The first-order valence-corrected chi connectivity index (χ1v) is 10.6. The molecule has 0 bridgehead atoms. The van der Waals surface area contributed by atoms with E-state index in [-0.39, 0.29) is 17.3 Å². The van der Waals surface area contributed by atoms with Gasteiger partial charge in [-0.25, -0.2) is 9.07 Å². The monoisotopic (exact) mass is 431 g/mol. The zero-order chi connectivity index (χ0) is 22.2. The number of hydrogen-bond donors (Lipinski definition) is 1. The molecule has 1 atom stereocenters. The summed E-state index contributed by atoms with van der Waals surface area (Å²) in [5, 5.41) is 8.81. The van der Waals surface area contributed by atoms with Crippen LogP contribution in [0.1, 0.15) is 30.1 Å².